The van der Waals surface area contributed by atoms with E-state index in [1.54, 1.807) is 13.8 Å². The molecule has 1 heterocycles. The number of methoxy groups -OCH3 is 1. The van der Waals surface area contributed by atoms with Crippen LogP contribution in [-0.4, -0.2) is 68.1 Å². The number of nitrogens with one attached hydrogen (secondary N) is 2. The Morgan fingerprint density at radius 3 is 2.61 bits per heavy atom. The molecule has 0 bridgehead atoms. The molecule has 1 amide bonds. The minimum atomic E-state index is -3.76. The van der Waals surface area contributed by atoms with E-state index in [4.69, 9.17) is 9.84 Å². The van der Waals surface area contributed by atoms with Crippen LogP contribution in [0.4, 0.5) is 0 Å². The molecule has 0 fully saturated rings. The zero-order valence-corrected chi connectivity index (χ0v) is 14.0. The Bertz CT molecular complexity index is 652. The molecule has 9 nitrogen and oxygen atoms in total. The fraction of sp³-hybridized carbons (Fsp3) is 0.538. The van der Waals surface area contributed by atoms with Gasteiger partial charge in [-0.3, -0.25) is 9.59 Å². The van der Waals surface area contributed by atoms with Crippen molar-refractivity contribution in [2.75, 3.05) is 26.8 Å². The maximum absolute atomic E-state index is 12.3. The van der Waals surface area contributed by atoms with Gasteiger partial charge in [0.05, 0.1) is 6.61 Å². The van der Waals surface area contributed by atoms with E-state index in [9.17, 15) is 18.0 Å². The highest BCUT2D eigenvalue weighted by Gasteiger charge is 2.24. The topological polar surface area (TPSA) is 129 Å². The number of hydrogen-bond acceptors (Lipinski definition) is 5. The van der Waals surface area contributed by atoms with Gasteiger partial charge in [0.1, 0.15) is 17.1 Å². The lowest BCUT2D eigenvalue weighted by Gasteiger charge is -2.24. The smallest absolute Gasteiger partial charge is 0.323 e. The van der Waals surface area contributed by atoms with Crippen molar-refractivity contribution in [2.24, 2.45) is 0 Å². The Morgan fingerprint density at radius 1 is 1.43 bits per heavy atom. The summed E-state index contributed by atoms with van der Waals surface area (Å²) in [4.78, 5) is 26.8. The highest BCUT2D eigenvalue weighted by atomic mass is 32.2. The van der Waals surface area contributed by atoms with Crippen molar-refractivity contribution < 1.29 is 27.9 Å². The zero-order valence-electron chi connectivity index (χ0n) is 13.2. The molecule has 0 radical (unpaired) electrons. The van der Waals surface area contributed by atoms with E-state index in [1.165, 1.54) is 19.4 Å². The fourth-order valence-electron chi connectivity index (χ4n) is 1.80. The second-order valence-corrected chi connectivity index (χ2v) is 6.83. The minimum absolute atomic E-state index is 0.00654. The molecular formula is C13H21N3O6S. The van der Waals surface area contributed by atoms with Gasteiger partial charge in [0.25, 0.3) is 5.91 Å². The summed E-state index contributed by atoms with van der Waals surface area (Å²) in [6.07, 6.45) is 1.18. The van der Waals surface area contributed by atoms with Gasteiger partial charge in [0.2, 0.25) is 10.0 Å². The average Bonchev–Trinajstić information content (AvgIpc) is 2.94. The zero-order chi connectivity index (χ0) is 17.6. The summed E-state index contributed by atoms with van der Waals surface area (Å²) in [5.41, 5.74) is 0.00654. The number of rotatable bonds is 9. The molecular weight excluding hydrogens is 326 g/mol. The SMILES string of the molecule is COCCNS(=O)(=O)c1c[nH]c(C(=O)N(CC(=O)O)C(C)C)c1. The first-order valence-corrected chi connectivity index (χ1v) is 8.37. The maximum Gasteiger partial charge on any atom is 0.323 e. The summed E-state index contributed by atoms with van der Waals surface area (Å²) >= 11 is 0. The molecule has 3 N–H and O–H groups in total. The molecule has 1 rings (SSSR count). The summed E-state index contributed by atoms with van der Waals surface area (Å²) in [5.74, 6) is -1.73. The fourth-order valence-corrected chi connectivity index (χ4v) is 2.81. The van der Waals surface area contributed by atoms with Gasteiger partial charge in [-0.15, -0.1) is 0 Å². The third-order valence-corrected chi connectivity index (χ3v) is 4.43. The van der Waals surface area contributed by atoms with Crippen LogP contribution in [0.3, 0.4) is 0 Å². The Kier molecular flexibility index (Phi) is 6.73. The number of carboxylic acid groups (broad SMARTS) is 1. The van der Waals surface area contributed by atoms with Gasteiger partial charge in [0.15, 0.2) is 0 Å². The first-order valence-electron chi connectivity index (χ1n) is 6.88. The summed E-state index contributed by atoms with van der Waals surface area (Å²) in [7, 11) is -2.31. The number of aromatic nitrogens is 1. The quantitative estimate of drug-likeness (QED) is 0.534. The molecule has 10 heteroatoms. The number of aromatic amines is 1. The van der Waals surface area contributed by atoms with E-state index in [0.717, 1.165) is 4.90 Å². The molecule has 0 aromatic carbocycles. The Labute approximate surface area is 134 Å². The van der Waals surface area contributed by atoms with Crippen LogP contribution in [0.2, 0.25) is 0 Å². The van der Waals surface area contributed by atoms with E-state index in [0.29, 0.717) is 0 Å². The molecule has 0 saturated carbocycles. The predicted molar refractivity (Wildman–Crippen MR) is 81.7 cm³/mol. The van der Waals surface area contributed by atoms with Gasteiger partial charge in [-0.25, -0.2) is 13.1 Å². The van der Waals surface area contributed by atoms with Crippen molar-refractivity contribution in [3.8, 4) is 0 Å². The van der Waals surface area contributed by atoms with E-state index in [1.807, 2.05) is 0 Å². The lowest BCUT2D eigenvalue weighted by atomic mass is 10.2. The number of ether oxygens (including phenoxy) is 1. The van der Waals surface area contributed by atoms with Gasteiger partial charge in [0, 0.05) is 25.9 Å². The van der Waals surface area contributed by atoms with Crippen LogP contribution in [0.1, 0.15) is 24.3 Å². The number of carbonyl (C=O) groups excluding carboxylic acids is 1. The van der Waals surface area contributed by atoms with Crippen LogP contribution in [0.15, 0.2) is 17.2 Å². The number of nitrogens with zero attached hydrogens (tertiary/aromatic N) is 1. The van der Waals surface area contributed by atoms with Crippen LogP contribution in [0, 0.1) is 0 Å². The van der Waals surface area contributed by atoms with E-state index in [2.05, 4.69) is 9.71 Å². The number of amides is 1. The molecule has 0 spiro atoms. The van der Waals surface area contributed by atoms with E-state index in [-0.39, 0.29) is 29.8 Å². The summed E-state index contributed by atoms with van der Waals surface area (Å²) in [6, 6.07) is 0.830. The number of H-pyrrole nitrogens is 1. The molecule has 0 aliphatic carbocycles. The van der Waals surface area contributed by atoms with Crippen LogP contribution in [-0.2, 0) is 19.6 Å². The molecule has 0 saturated heterocycles. The Balaban J connectivity index is 2.93. The van der Waals surface area contributed by atoms with Crippen molar-refractivity contribution in [3.05, 3.63) is 18.0 Å². The van der Waals surface area contributed by atoms with E-state index < -0.39 is 28.4 Å². The first kappa shape index (κ1) is 19.1. The molecule has 1 aromatic heterocycles. The molecule has 1 aromatic rings. The van der Waals surface area contributed by atoms with Crippen molar-refractivity contribution in [1.82, 2.24) is 14.6 Å². The largest absolute Gasteiger partial charge is 0.480 e. The highest BCUT2D eigenvalue weighted by molar-refractivity contribution is 7.89. The standard InChI is InChI=1S/C13H21N3O6S/c1-9(2)16(8-12(17)18)13(19)11-6-10(7-14-11)23(20,21)15-4-5-22-3/h6-7,9,14-15H,4-5,8H2,1-3H3,(H,17,18). The Hall–Kier alpha value is -1.91. The maximum atomic E-state index is 12.3. The van der Waals surface area contributed by atoms with Crippen LogP contribution < -0.4 is 4.72 Å². The number of carboxylic acids is 1. The van der Waals surface area contributed by atoms with Crippen molar-refractivity contribution in [3.63, 3.8) is 0 Å². The van der Waals surface area contributed by atoms with Crippen LogP contribution >= 0.6 is 0 Å². The van der Waals surface area contributed by atoms with Crippen molar-refractivity contribution >= 4 is 21.9 Å². The second-order valence-electron chi connectivity index (χ2n) is 5.06. The molecule has 0 aliphatic heterocycles. The number of sulfonamides is 1. The lowest BCUT2D eigenvalue weighted by Crippen LogP contribution is -2.40. The summed E-state index contributed by atoms with van der Waals surface area (Å²) in [5, 5.41) is 8.86. The predicted octanol–water partition coefficient (Wildman–Crippen LogP) is -0.125. The highest BCUT2D eigenvalue weighted by Crippen LogP contribution is 2.13. The third kappa shape index (κ3) is 5.34. The second kappa shape index (κ2) is 8.09. The van der Waals surface area contributed by atoms with Gasteiger partial charge in [-0.2, -0.15) is 0 Å². The average molecular weight is 347 g/mol. The number of aliphatic carboxylic acids is 1. The van der Waals surface area contributed by atoms with E-state index >= 15 is 0 Å². The molecule has 0 atom stereocenters. The normalized spacial score (nSPS) is 11.7. The number of carbonyl (C=O) groups is 2. The van der Waals surface area contributed by atoms with Crippen molar-refractivity contribution in [1.29, 1.82) is 0 Å². The van der Waals surface area contributed by atoms with Crippen LogP contribution in [0.25, 0.3) is 0 Å². The van der Waals surface area contributed by atoms with Crippen molar-refractivity contribution in [2.45, 2.75) is 24.8 Å². The van der Waals surface area contributed by atoms with Gasteiger partial charge in [-0.05, 0) is 19.9 Å². The van der Waals surface area contributed by atoms with Crippen LogP contribution in [0.5, 0.6) is 0 Å². The monoisotopic (exact) mass is 347 g/mol. The van der Waals surface area contributed by atoms with Gasteiger partial charge >= 0.3 is 5.97 Å². The van der Waals surface area contributed by atoms with Gasteiger partial charge < -0.3 is 19.7 Å². The Morgan fingerprint density at radius 2 is 2.09 bits per heavy atom. The molecule has 130 valence electrons. The molecule has 0 aliphatic rings. The third-order valence-electron chi connectivity index (χ3n) is 2.99. The molecule has 0 unspecified atom stereocenters. The minimum Gasteiger partial charge on any atom is -0.480 e. The summed E-state index contributed by atoms with van der Waals surface area (Å²) in [6.45, 7) is 3.20. The number of hydrogen-bond donors (Lipinski definition) is 3. The molecule has 23 heavy (non-hydrogen) atoms. The summed E-state index contributed by atoms with van der Waals surface area (Å²) < 4.78 is 31.1. The van der Waals surface area contributed by atoms with Gasteiger partial charge in [-0.1, -0.05) is 0 Å². The first-order chi connectivity index (χ1) is 10.7. The lowest BCUT2D eigenvalue weighted by molar-refractivity contribution is -0.138.